The van der Waals surface area contributed by atoms with E-state index in [4.69, 9.17) is 5.73 Å². The molecule has 6 N–H and O–H groups in total. The fourth-order valence-electron chi connectivity index (χ4n) is 3.78. The van der Waals surface area contributed by atoms with E-state index in [1.807, 2.05) is 41.5 Å². The van der Waals surface area contributed by atoms with Crippen LogP contribution in [-0.4, -0.2) is 33.6 Å². The first-order valence-corrected chi connectivity index (χ1v) is 13.1. The van der Waals surface area contributed by atoms with Gasteiger partial charge in [-0.1, -0.05) is 53.7 Å². The fourth-order valence-corrected chi connectivity index (χ4v) is 3.78. The molecule has 2 aromatic heterocycles. The third-order valence-corrected chi connectivity index (χ3v) is 5.38. The number of hydrogen-bond donors (Lipinski definition) is 5. The quantitative estimate of drug-likeness (QED) is 0.233. The van der Waals surface area contributed by atoms with Crippen molar-refractivity contribution in [3.8, 4) is 0 Å². The number of anilines is 5. The SMILES string of the molecule is CC(C)(C)CC(=O)Nc1cccc(NC(=O)c2cc(N)cc(C(=O)Nc3cccc(NC(=O)CC(C)(C)C)n3)c2)n1. The Kier molecular flexibility index (Phi) is 9.43. The molecular formula is C30H37N7O4. The van der Waals surface area contributed by atoms with Gasteiger partial charge in [0.25, 0.3) is 11.8 Å². The number of aromatic nitrogens is 2. The van der Waals surface area contributed by atoms with Crippen LogP contribution in [0.15, 0.2) is 54.6 Å². The van der Waals surface area contributed by atoms with E-state index in [2.05, 4.69) is 31.2 Å². The molecule has 11 heteroatoms. The van der Waals surface area contributed by atoms with Gasteiger partial charge in [0.15, 0.2) is 0 Å². The van der Waals surface area contributed by atoms with E-state index in [0.29, 0.717) is 24.5 Å². The molecule has 3 aromatic rings. The Morgan fingerprint density at radius 3 is 1.29 bits per heavy atom. The molecular weight excluding hydrogens is 522 g/mol. The molecule has 0 spiro atoms. The molecule has 216 valence electrons. The number of hydrogen-bond acceptors (Lipinski definition) is 7. The molecule has 0 aliphatic carbocycles. The first kappa shape index (κ1) is 30.7. The van der Waals surface area contributed by atoms with Crippen LogP contribution in [0, 0.1) is 10.8 Å². The maximum atomic E-state index is 13.0. The fraction of sp³-hybridized carbons (Fsp3) is 0.333. The monoisotopic (exact) mass is 559 g/mol. The van der Waals surface area contributed by atoms with Gasteiger partial charge in [-0.05, 0) is 53.3 Å². The number of carbonyl (C=O) groups is 4. The van der Waals surface area contributed by atoms with Gasteiger partial charge in [0, 0.05) is 29.7 Å². The van der Waals surface area contributed by atoms with Crippen molar-refractivity contribution in [2.75, 3.05) is 27.0 Å². The maximum Gasteiger partial charge on any atom is 0.256 e. The molecule has 3 rings (SSSR count). The summed E-state index contributed by atoms with van der Waals surface area (Å²) < 4.78 is 0. The van der Waals surface area contributed by atoms with Crippen molar-refractivity contribution >= 4 is 52.6 Å². The number of carbonyl (C=O) groups excluding carboxylic acids is 4. The van der Waals surface area contributed by atoms with E-state index in [-0.39, 0.29) is 51.1 Å². The van der Waals surface area contributed by atoms with Gasteiger partial charge >= 0.3 is 0 Å². The lowest BCUT2D eigenvalue weighted by atomic mass is 9.92. The minimum atomic E-state index is -0.543. The van der Waals surface area contributed by atoms with Crippen molar-refractivity contribution in [1.82, 2.24) is 9.97 Å². The number of nitrogen functional groups attached to an aromatic ring is 1. The maximum absolute atomic E-state index is 13.0. The average Bonchev–Trinajstić information content (AvgIpc) is 2.81. The molecule has 11 nitrogen and oxygen atoms in total. The van der Waals surface area contributed by atoms with Crippen LogP contribution in [0.3, 0.4) is 0 Å². The summed E-state index contributed by atoms with van der Waals surface area (Å²) in [7, 11) is 0. The van der Waals surface area contributed by atoms with Crippen LogP contribution >= 0.6 is 0 Å². The molecule has 0 fully saturated rings. The lowest BCUT2D eigenvalue weighted by molar-refractivity contribution is -0.118. The minimum Gasteiger partial charge on any atom is -0.399 e. The summed E-state index contributed by atoms with van der Waals surface area (Å²) in [5.41, 5.74) is 6.09. The molecule has 0 aliphatic heterocycles. The van der Waals surface area contributed by atoms with Crippen molar-refractivity contribution < 1.29 is 19.2 Å². The van der Waals surface area contributed by atoms with Gasteiger partial charge in [0.1, 0.15) is 23.3 Å². The standard InChI is InChI=1S/C30H37N7O4/c1-29(2,3)16-25(38)34-21-9-7-11-23(32-21)36-27(40)18-13-19(15-20(31)14-18)28(41)37-24-12-8-10-22(33-24)35-26(39)17-30(4,5)6/h7-15H,16-17,31H2,1-6H3,(H2,32,34,36,38,40)(H2,33,35,37,39,41). The molecule has 0 aliphatic rings. The van der Waals surface area contributed by atoms with Gasteiger partial charge in [0.2, 0.25) is 11.8 Å². The second-order valence-corrected chi connectivity index (χ2v) is 12.1. The third-order valence-electron chi connectivity index (χ3n) is 5.38. The Balaban J connectivity index is 1.69. The normalized spacial score (nSPS) is 11.4. The van der Waals surface area contributed by atoms with Gasteiger partial charge in [0.05, 0.1) is 0 Å². The highest BCUT2D eigenvalue weighted by Crippen LogP contribution is 2.21. The van der Waals surface area contributed by atoms with Crippen LogP contribution < -0.4 is 27.0 Å². The predicted octanol–water partition coefficient (Wildman–Crippen LogP) is 5.31. The number of amides is 4. The zero-order valence-electron chi connectivity index (χ0n) is 24.2. The van der Waals surface area contributed by atoms with E-state index in [1.165, 1.54) is 18.2 Å². The Hall–Kier alpha value is -4.80. The first-order valence-electron chi connectivity index (χ1n) is 13.1. The number of rotatable bonds is 8. The van der Waals surface area contributed by atoms with E-state index < -0.39 is 11.8 Å². The zero-order chi connectivity index (χ0) is 30.4. The first-order chi connectivity index (χ1) is 19.1. The number of nitrogens with two attached hydrogens (primary N) is 1. The Morgan fingerprint density at radius 1 is 0.610 bits per heavy atom. The summed E-state index contributed by atoms with van der Waals surface area (Å²) in [5, 5.41) is 10.8. The average molecular weight is 560 g/mol. The van der Waals surface area contributed by atoms with Crippen molar-refractivity contribution in [2.45, 2.75) is 54.4 Å². The van der Waals surface area contributed by atoms with Gasteiger partial charge in [-0.3, -0.25) is 19.2 Å². The molecule has 0 radical (unpaired) electrons. The topological polar surface area (TPSA) is 168 Å². The molecule has 2 heterocycles. The molecule has 0 unspecified atom stereocenters. The summed E-state index contributed by atoms with van der Waals surface area (Å²) in [6, 6.07) is 14.0. The minimum absolute atomic E-state index is 0.135. The highest BCUT2D eigenvalue weighted by Gasteiger charge is 2.18. The highest BCUT2D eigenvalue weighted by atomic mass is 16.2. The van der Waals surface area contributed by atoms with Crippen molar-refractivity contribution in [2.24, 2.45) is 10.8 Å². The second-order valence-electron chi connectivity index (χ2n) is 12.1. The number of nitrogens with zero attached hydrogens (tertiary/aromatic N) is 2. The molecule has 0 atom stereocenters. The van der Waals surface area contributed by atoms with Crippen molar-refractivity contribution in [3.05, 3.63) is 65.7 Å². The molecule has 4 amide bonds. The van der Waals surface area contributed by atoms with E-state index in [1.54, 1.807) is 36.4 Å². The van der Waals surface area contributed by atoms with E-state index in [0.717, 1.165) is 0 Å². The molecule has 0 saturated heterocycles. The zero-order valence-corrected chi connectivity index (χ0v) is 24.2. The molecule has 0 saturated carbocycles. The lowest BCUT2D eigenvalue weighted by Gasteiger charge is -2.17. The Labute approximate surface area is 239 Å². The van der Waals surface area contributed by atoms with Gasteiger partial charge < -0.3 is 27.0 Å². The smallest absolute Gasteiger partial charge is 0.256 e. The number of benzene rings is 1. The van der Waals surface area contributed by atoms with Crippen LogP contribution in [-0.2, 0) is 9.59 Å². The van der Waals surface area contributed by atoms with E-state index >= 15 is 0 Å². The number of nitrogens with one attached hydrogen (secondary N) is 4. The van der Waals surface area contributed by atoms with Crippen LogP contribution in [0.5, 0.6) is 0 Å². The molecule has 0 bridgehead atoms. The Morgan fingerprint density at radius 2 is 0.951 bits per heavy atom. The van der Waals surface area contributed by atoms with Gasteiger partial charge in [-0.25, -0.2) is 9.97 Å². The van der Waals surface area contributed by atoms with Crippen LogP contribution in [0.4, 0.5) is 29.0 Å². The van der Waals surface area contributed by atoms with Gasteiger partial charge in [-0.2, -0.15) is 0 Å². The van der Waals surface area contributed by atoms with E-state index in [9.17, 15) is 19.2 Å². The van der Waals surface area contributed by atoms with Crippen molar-refractivity contribution in [1.29, 1.82) is 0 Å². The summed E-state index contributed by atoms with van der Waals surface area (Å²) in [6.07, 6.45) is 0.621. The lowest BCUT2D eigenvalue weighted by Crippen LogP contribution is -2.21. The van der Waals surface area contributed by atoms with Gasteiger partial charge in [-0.15, -0.1) is 0 Å². The summed E-state index contributed by atoms with van der Waals surface area (Å²) in [6.45, 7) is 11.7. The second kappa shape index (κ2) is 12.6. The summed E-state index contributed by atoms with van der Waals surface area (Å²) in [4.78, 5) is 59.0. The Bertz CT molecular complexity index is 1350. The number of pyridine rings is 2. The summed E-state index contributed by atoms with van der Waals surface area (Å²) >= 11 is 0. The highest BCUT2D eigenvalue weighted by molar-refractivity contribution is 6.09. The molecule has 1 aromatic carbocycles. The molecule has 41 heavy (non-hydrogen) atoms. The summed E-state index contributed by atoms with van der Waals surface area (Å²) in [5.74, 6) is -0.432. The van der Waals surface area contributed by atoms with Crippen molar-refractivity contribution in [3.63, 3.8) is 0 Å². The predicted molar refractivity (Wildman–Crippen MR) is 161 cm³/mol. The van der Waals surface area contributed by atoms with Crippen LogP contribution in [0.2, 0.25) is 0 Å². The largest absolute Gasteiger partial charge is 0.399 e. The van der Waals surface area contributed by atoms with Crippen LogP contribution in [0.25, 0.3) is 0 Å². The third kappa shape index (κ3) is 10.4. The van der Waals surface area contributed by atoms with Crippen LogP contribution in [0.1, 0.15) is 75.1 Å².